The normalized spacial score (nSPS) is 10.2. The van der Waals surface area contributed by atoms with Crippen LogP contribution in [0.3, 0.4) is 0 Å². The van der Waals surface area contributed by atoms with E-state index in [2.05, 4.69) is 10.6 Å². The van der Waals surface area contributed by atoms with E-state index in [1.54, 1.807) is 13.0 Å². The monoisotopic (exact) mass is 310 g/mol. The van der Waals surface area contributed by atoms with E-state index in [1.165, 1.54) is 0 Å². The van der Waals surface area contributed by atoms with Crippen LogP contribution in [-0.2, 0) is 16.0 Å². The highest BCUT2D eigenvalue weighted by Crippen LogP contribution is 2.20. The molecule has 4 heteroatoms. The summed E-state index contributed by atoms with van der Waals surface area (Å²) in [5.41, 5.74) is 3.54. The van der Waals surface area contributed by atoms with Crippen LogP contribution in [0.4, 0.5) is 11.4 Å². The maximum absolute atomic E-state index is 12.1. The van der Waals surface area contributed by atoms with Gasteiger partial charge in [-0.25, -0.2) is 0 Å². The van der Waals surface area contributed by atoms with Gasteiger partial charge in [-0.1, -0.05) is 43.3 Å². The minimum absolute atomic E-state index is 0.0366. The van der Waals surface area contributed by atoms with E-state index in [-0.39, 0.29) is 11.8 Å². The predicted octanol–water partition coefficient (Wildman–Crippen LogP) is 3.91. The van der Waals surface area contributed by atoms with E-state index in [0.29, 0.717) is 24.9 Å². The van der Waals surface area contributed by atoms with Crippen molar-refractivity contribution in [2.24, 2.45) is 0 Å². The second-order valence-corrected chi connectivity index (χ2v) is 5.47. The van der Waals surface area contributed by atoms with Crippen LogP contribution in [0.1, 0.15) is 30.9 Å². The van der Waals surface area contributed by atoms with E-state index < -0.39 is 0 Å². The van der Waals surface area contributed by atoms with Gasteiger partial charge in [-0.2, -0.15) is 0 Å². The van der Waals surface area contributed by atoms with Crippen LogP contribution in [0.2, 0.25) is 0 Å². The van der Waals surface area contributed by atoms with Crippen molar-refractivity contribution in [3.05, 3.63) is 59.7 Å². The summed E-state index contributed by atoms with van der Waals surface area (Å²) in [6.07, 6.45) is 1.56. The minimum atomic E-state index is -0.0411. The van der Waals surface area contributed by atoms with Gasteiger partial charge in [0.15, 0.2) is 0 Å². The summed E-state index contributed by atoms with van der Waals surface area (Å²) in [6.45, 7) is 3.73. The third kappa shape index (κ3) is 5.25. The van der Waals surface area contributed by atoms with Crippen molar-refractivity contribution in [3.8, 4) is 0 Å². The minimum Gasteiger partial charge on any atom is -0.326 e. The van der Waals surface area contributed by atoms with Crippen LogP contribution in [0.15, 0.2) is 48.5 Å². The van der Waals surface area contributed by atoms with E-state index in [9.17, 15) is 9.59 Å². The molecule has 0 aliphatic carbocycles. The van der Waals surface area contributed by atoms with Gasteiger partial charge in [-0.05, 0) is 36.6 Å². The van der Waals surface area contributed by atoms with Gasteiger partial charge in [-0.15, -0.1) is 0 Å². The number of anilines is 2. The average molecular weight is 310 g/mol. The molecule has 0 atom stereocenters. The Morgan fingerprint density at radius 3 is 2.39 bits per heavy atom. The molecule has 0 spiro atoms. The predicted molar refractivity (Wildman–Crippen MR) is 93.5 cm³/mol. The number of aryl methyl sites for hydroxylation is 2. The van der Waals surface area contributed by atoms with Crippen molar-refractivity contribution in [3.63, 3.8) is 0 Å². The van der Waals surface area contributed by atoms with Crippen LogP contribution in [0.25, 0.3) is 0 Å². The van der Waals surface area contributed by atoms with Gasteiger partial charge in [0.05, 0.1) is 0 Å². The van der Waals surface area contributed by atoms with Crippen molar-refractivity contribution in [2.45, 2.75) is 33.1 Å². The van der Waals surface area contributed by atoms with E-state index in [1.807, 2.05) is 49.4 Å². The maximum atomic E-state index is 12.1. The third-order valence-corrected chi connectivity index (χ3v) is 3.60. The highest BCUT2D eigenvalue weighted by Gasteiger charge is 2.07. The molecule has 23 heavy (non-hydrogen) atoms. The number of amides is 2. The fraction of sp³-hybridized carbons (Fsp3) is 0.263. The largest absolute Gasteiger partial charge is 0.326 e. The standard InChI is InChI=1S/C19H22N2O2/c1-3-18(22)21-17-13-16(11-9-14(17)2)20-19(23)12-10-15-7-5-4-6-8-15/h4-9,11,13H,3,10,12H2,1-2H3,(H,20,23)(H,21,22). The smallest absolute Gasteiger partial charge is 0.224 e. The second-order valence-electron chi connectivity index (χ2n) is 5.47. The van der Waals surface area contributed by atoms with Crippen molar-refractivity contribution in [2.75, 3.05) is 10.6 Å². The first-order chi connectivity index (χ1) is 11.1. The van der Waals surface area contributed by atoms with Crippen LogP contribution in [0.5, 0.6) is 0 Å². The van der Waals surface area contributed by atoms with Gasteiger partial charge in [-0.3, -0.25) is 9.59 Å². The van der Waals surface area contributed by atoms with Gasteiger partial charge in [0, 0.05) is 24.2 Å². The lowest BCUT2D eigenvalue weighted by Gasteiger charge is -2.11. The third-order valence-electron chi connectivity index (χ3n) is 3.60. The first kappa shape index (κ1) is 16.7. The zero-order valence-corrected chi connectivity index (χ0v) is 13.6. The summed E-state index contributed by atoms with van der Waals surface area (Å²) in [6, 6.07) is 15.4. The number of nitrogens with one attached hydrogen (secondary N) is 2. The number of rotatable bonds is 6. The van der Waals surface area contributed by atoms with Crippen LogP contribution in [0, 0.1) is 6.92 Å². The lowest BCUT2D eigenvalue weighted by atomic mass is 10.1. The quantitative estimate of drug-likeness (QED) is 0.849. The number of hydrogen-bond donors (Lipinski definition) is 2. The Hall–Kier alpha value is -2.62. The molecular formula is C19H22N2O2. The molecule has 0 aliphatic heterocycles. The van der Waals surface area contributed by atoms with Gasteiger partial charge >= 0.3 is 0 Å². The molecule has 0 unspecified atom stereocenters. The molecule has 0 aliphatic rings. The first-order valence-corrected chi connectivity index (χ1v) is 7.82. The molecule has 2 N–H and O–H groups in total. The van der Waals surface area contributed by atoms with Crippen molar-refractivity contribution >= 4 is 23.2 Å². The SMILES string of the molecule is CCC(=O)Nc1cc(NC(=O)CCc2ccccc2)ccc1C. The second kappa shape index (κ2) is 8.13. The summed E-state index contributed by atoms with van der Waals surface area (Å²) in [5.74, 6) is -0.0777. The summed E-state index contributed by atoms with van der Waals surface area (Å²) >= 11 is 0. The molecule has 0 saturated carbocycles. The van der Waals surface area contributed by atoms with Crippen LogP contribution >= 0.6 is 0 Å². The summed E-state index contributed by atoms with van der Waals surface area (Å²) in [5, 5.41) is 5.72. The highest BCUT2D eigenvalue weighted by atomic mass is 16.2. The Morgan fingerprint density at radius 2 is 1.70 bits per heavy atom. The molecule has 2 aromatic rings. The maximum Gasteiger partial charge on any atom is 0.224 e. The lowest BCUT2D eigenvalue weighted by Crippen LogP contribution is -2.14. The Labute approximate surface area is 136 Å². The average Bonchev–Trinajstić information content (AvgIpc) is 2.57. The highest BCUT2D eigenvalue weighted by molar-refractivity contribution is 5.94. The molecule has 0 aromatic heterocycles. The van der Waals surface area contributed by atoms with Gasteiger partial charge in [0.1, 0.15) is 0 Å². The van der Waals surface area contributed by atoms with Crippen molar-refractivity contribution < 1.29 is 9.59 Å². The number of benzene rings is 2. The fourth-order valence-corrected chi connectivity index (χ4v) is 2.20. The number of carbonyl (C=O) groups is 2. The molecule has 0 radical (unpaired) electrons. The molecule has 2 aromatic carbocycles. The van der Waals surface area contributed by atoms with Gasteiger partial charge in [0.2, 0.25) is 11.8 Å². The lowest BCUT2D eigenvalue weighted by molar-refractivity contribution is -0.116. The summed E-state index contributed by atoms with van der Waals surface area (Å²) < 4.78 is 0. The summed E-state index contributed by atoms with van der Waals surface area (Å²) in [4.78, 5) is 23.6. The molecule has 4 nitrogen and oxygen atoms in total. The Morgan fingerprint density at radius 1 is 0.957 bits per heavy atom. The summed E-state index contributed by atoms with van der Waals surface area (Å²) in [7, 11) is 0. The van der Waals surface area contributed by atoms with E-state index >= 15 is 0 Å². The molecule has 2 amide bonds. The fourth-order valence-electron chi connectivity index (χ4n) is 2.20. The molecule has 0 bridgehead atoms. The topological polar surface area (TPSA) is 58.2 Å². The van der Waals surface area contributed by atoms with Crippen molar-refractivity contribution in [1.82, 2.24) is 0 Å². The molecular weight excluding hydrogens is 288 g/mol. The first-order valence-electron chi connectivity index (χ1n) is 7.82. The number of carbonyl (C=O) groups excluding carboxylic acids is 2. The Balaban J connectivity index is 1.95. The van der Waals surface area contributed by atoms with Crippen molar-refractivity contribution in [1.29, 1.82) is 0 Å². The molecule has 0 saturated heterocycles. The molecule has 2 rings (SSSR count). The van der Waals surface area contributed by atoms with Gasteiger partial charge < -0.3 is 10.6 Å². The molecule has 0 heterocycles. The van der Waals surface area contributed by atoms with E-state index in [0.717, 1.165) is 16.8 Å². The Bertz CT molecular complexity index is 681. The molecule has 0 fully saturated rings. The number of hydrogen-bond acceptors (Lipinski definition) is 2. The zero-order valence-electron chi connectivity index (χ0n) is 13.6. The Kier molecular flexibility index (Phi) is 5.92. The van der Waals surface area contributed by atoms with Gasteiger partial charge in [0.25, 0.3) is 0 Å². The van der Waals surface area contributed by atoms with E-state index in [4.69, 9.17) is 0 Å². The zero-order chi connectivity index (χ0) is 16.7. The molecule has 120 valence electrons. The van der Waals surface area contributed by atoms with Crippen LogP contribution in [-0.4, -0.2) is 11.8 Å². The van der Waals surface area contributed by atoms with Crippen LogP contribution < -0.4 is 10.6 Å².